The minimum atomic E-state index is -0.222. The van der Waals surface area contributed by atoms with Gasteiger partial charge in [-0.25, -0.2) is 0 Å². The molecule has 4 rings (SSSR count). The molecule has 2 aromatic heterocycles. The van der Waals surface area contributed by atoms with Crippen molar-refractivity contribution in [1.82, 2.24) is 14.9 Å². The Labute approximate surface area is 169 Å². The Morgan fingerprint density at radius 1 is 1.25 bits per heavy atom. The number of carbonyl (C=O) groups excluding carboxylic acids is 2. The molecular weight excluding hydrogens is 396 g/mol. The summed E-state index contributed by atoms with van der Waals surface area (Å²) in [4.78, 5) is 35.1. The number of fused-ring (bicyclic) bond motifs is 1. The second-order valence-corrected chi connectivity index (χ2v) is 7.58. The number of furan rings is 1. The lowest BCUT2D eigenvalue weighted by atomic mass is 10.2. The number of carbonyl (C=O) groups is 2. The van der Waals surface area contributed by atoms with Gasteiger partial charge in [-0.3, -0.25) is 24.5 Å². The number of hydrogen-bond acceptors (Lipinski definition) is 7. The van der Waals surface area contributed by atoms with Crippen LogP contribution in [0.2, 0.25) is 0 Å². The van der Waals surface area contributed by atoms with E-state index in [0.717, 1.165) is 5.52 Å². The summed E-state index contributed by atoms with van der Waals surface area (Å²) in [5.41, 5.74) is 2.07. The van der Waals surface area contributed by atoms with Gasteiger partial charge in [-0.15, -0.1) is 0 Å². The van der Waals surface area contributed by atoms with E-state index in [2.05, 4.69) is 15.3 Å². The summed E-state index contributed by atoms with van der Waals surface area (Å²) in [5.74, 6) is 0.144. The van der Waals surface area contributed by atoms with Crippen LogP contribution < -0.4 is 5.32 Å². The molecule has 9 heteroatoms. The van der Waals surface area contributed by atoms with Crippen molar-refractivity contribution in [2.45, 2.75) is 6.42 Å². The molecular formula is C19H14N4O3S2. The van der Waals surface area contributed by atoms with E-state index in [1.54, 1.807) is 48.8 Å². The zero-order chi connectivity index (χ0) is 19.5. The Kier molecular flexibility index (Phi) is 5.18. The lowest BCUT2D eigenvalue weighted by molar-refractivity contribution is -0.122. The van der Waals surface area contributed by atoms with E-state index in [0.29, 0.717) is 26.2 Å². The molecule has 1 aliphatic heterocycles. The lowest BCUT2D eigenvalue weighted by Crippen LogP contribution is -2.31. The smallest absolute Gasteiger partial charge is 0.266 e. The summed E-state index contributed by atoms with van der Waals surface area (Å²) in [6, 6.07) is 8.81. The monoisotopic (exact) mass is 410 g/mol. The lowest BCUT2D eigenvalue weighted by Gasteiger charge is -2.14. The van der Waals surface area contributed by atoms with Crippen molar-refractivity contribution in [3.05, 3.63) is 59.7 Å². The van der Waals surface area contributed by atoms with Crippen LogP contribution in [-0.4, -0.2) is 37.5 Å². The van der Waals surface area contributed by atoms with E-state index < -0.39 is 0 Å². The van der Waals surface area contributed by atoms with E-state index >= 15 is 0 Å². The predicted octanol–water partition coefficient (Wildman–Crippen LogP) is 3.45. The molecule has 2 amide bonds. The summed E-state index contributed by atoms with van der Waals surface area (Å²) in [6.45, 7) is 0.208. The van der Waals surface area contributed by atoms with Crippen LogP contribution in [0.5, 0.6) is 0 Å². The van der Waals surface area contributed by atoms with Gasteiger partial charge in [-0.05, 0) is 30.3 Å². The first kappa shape index (κ1) is 18.3. The summed E-state index contributed by atoms with van der Waals surface area (Å²) < 4.78 is 5.66. The molecule has 1 saturated heterocycles. The zero-order valence-corrected chi connectivity index (χ0v) is 16.1. The highest BCUT2D eigenvalue weighted by Gasteiger charge is 2.32. The number of thioether (sulfide) groups is 1. The maximum Gasteiger partial charge on any atom is 0.266 e. The van der Waals surface area contributed by atoms with Gasteiger partial charge in [0.2, 0.25) is 5.91 Å². The SMILES string of the molecule is O=C(CCN1C(=O)C(=Cc2ccco2)SC1=S)Nc1ccc2nccnc2c1. The van der Waals surface area contributed by atoms with Crippen molar-refractivity contribution in [2.24, 2.45) is 0 Å². The van der Waals surface area contributed by atoms with Gasteiger partial charge in [0.25, 0.3) is 5.91 Å². The molecule has 3 aromatic rings. The standard InChI is InChI=1S/C19H14N4O3S2/c24-17(22-12-3-4-14-15(10-12)21-7-6-20-14)5-8-23-18(25)16(28-19(23)27)11-13-2-1-9-26-13/h1-4,6-7,9-11H,5,8H2,(H,22,24). The Balaban J connectivity index is 1.37. The van der Waals surface area contributed by atoms with Crippen LogP contribution >= 0.6 is 24.0 Å². The Hall–Kier alpha value is -3.04. The molecule has 140 valence electrons. The molecule has 1 aromatic carbocycles. The first-order valence-electron chi connectivity index (χ1n) is 8.40. The van der Waals surface area contributed by atoms with E-state index in [-0.39, 0.29) is 24.8 Å². The zero-order valence-electron chi connectivity index (χ0n) is 14.5. The second-order valence-electron chi connectivity index (χ2n) is 5.91. The third-order valence-electron chi connectivity index (χ3n) is 4.01. The summed E-state index contributed by atoms with van der Waals surface area (Å²) >= 11 is 6.47. The molecule has 3 heterocycles. The van der Waals surface area contributed by atoms with Gasteiger partial charge >= 0.3 is 0 Å². The highest BCUT2D eigenvalue weighted by atomic mass is 32.2. The van der Waals surface area contributed by atoms with Crippen molar-refractivity contribution in [1.29, 1.82) is 0 Å². The molecule has 0 radical (unpaired) electrons. The Morgan fingerprint density at radius 2 is 2.07 bits per heavy atom. The number of benzene rings is 1. The Morgan fingerprint density at radius 3 is 2.86 bits per heavy atom. The predicted molar refractivity (Wildman–Crippen MR) is 111 cm³/mol. The molecule has 28 heavy (non-hydrogen) atoms. The second kappa shape index (κ2) is 7.91. The van der Waals surface area contributed by atoms with E-state index in [4.69, 9.17) is 16.6 Å². The summed E-state index contributed by atoms with van der Waals surface area (Å²) in [7, 11) is 0. The molecule has 1 fully saturated rings. The van der Waals surface area contributed by atoms with Crippen molar-refractivity contribution in [2.75, 3.05) is 11.9 Å². The Bertz CT molecular complexity index is 1100. The van der Waals surface area contributed by atoms with Gasteiger partial charge in [0, 0.05) is 37.1 Å². The third kappa shape index (κ3) is 3.95. The molecule has 0 aliphatic carbocycles. The minimum absolute atomic E-state index is 0.124. The average Bonchev–Trinajstić information content (AvgIpc) is 3.29. The van der Waals surface area contributed by atoms with Crippen molar-refractivity contribution in [3.63, 3.8) is 0 Å². The number of nitrogens with one attached hydrogen (secondary N) is 1. The molecule has 0 bridgehead atoms. The van der Waals surface area contributed by atoms with Crippen molar-refractivity contribution in [3.8, 4) is 0 Å². The van der Waals surface area contributed by atoms with E-state index in [9.17, 15) is 9.59 Å². The number of aromatic nitrogens is 2. The van der Waals surface area contributed by atoms with Crippen LogP contribution in [0.4, 0.5) is 5.69 Å². The van der Waals surface area contributed by atoms with Gasteiger partial charge < -0.3 is 9.73 Å². The van der Waals surface area contributed by atoms with Gasteiger partial charge in [0.05, 0.1) is 22.2 Å². The summed E-state index contributed by atoms with van der Waals surface area (Å²) in [6.07, 6.45) is 6.52. The van der Waals surface area contributed by atoms with Crippen LogP contribution in [0.15, 0.2) is 58.3 Å². The highest BCUT2D eigenvalue weighted by Crippen LogP contribution is 2.32. The third-order valence-corrected chi connectivity index (χ3v) is 5.38. The van der Waals surface area contributed by atoms with Crippen LogP contribution in [0.3, 0.4) is 0 Å². The summed E-state index contributed by atoms with van der Waals surface area (Å²) in [5, 5.41) is 2.81. The highest BCUT2D eigenvalue weighted by molar-refractivity contribution is 8.26. The van der Waals surface area contributed by atoms with Crippen LogP contribution in [0.1, 0.15) is 12.2 Å². The van der Waals surface area contributed by atoms with Gasteiger partial charge in [0.15, 0.2) is 0 Å². The van der Waals surface area contributed by atoms with Gasteiger partial charge in [0.1, 0.15) is 10.1 Å². The van der Waals surface area contributed by atoms with Crippen molar-refractivity contribution < 1.29 is 14.0 Å². The average molecular weight is 410 g/mol. The fourth-order valence-corrected chi connectivity index (χ4v) is 3.96. The molecule has 0 spiro atoms. The topological polar surface area (TPSA) is 88.3 Å². The molecule has 1 aliphatic rings. The molecule has 1 N–H and O–H groups in total. The normalized spacial score (nSPS) is 15.6. The number of amides is 2. The van der Waals surface area contributed by atoms with Gasteiger partial charge in [-0.1, -0.05) is 24.0 Å². The van der Waals surface area contributed by atoms with Crippen LogP contribution in [0.25, 0.3) is 17.1 Å². The van der Waals surface area contributed by atoms with Crippen LogP contribution in [0, 0.1) is 0 Å². The number of thiocarbonyl (C=S) groups is 1. The van der Waals surface area contributed by atoms with Crippen LogP contribution in [-0.2, 0) is 9.59 Å². The van der Waals surface area contributed by atoms with Gasteiger partial charge in [-0.2, -0.15) is 0 Å². The maximum atomic E-state index is 12.5. The minimum Gasteiger partial charge on any atom is -0.465 e. The molecule has 0 saturated carbocycles. The number of rotatable bonds is 5. The first-order valence-corrected chi connectivity index (χ1v) is 9.62. The van der Waals surface area contributed by atoms with E-state index in [1.807, 2.05) is 0 Å². The molecule has 0 atom stereocenters. The largest absolute Gasteiger partial charge is 0.465 e. The number of anilines is 1. The molecule has 0 unspecified atom stereocenters. The maximum absolute atomic E-state index is 12.5. The fourth-order valence-electron chi connectivity index (χ4n) is 2.67. The number of nitrogens with zero attached hydrogens (tertiary/aromatic N) is 3. The number of hydrogen-bond donors (Lipinski definition) is 1. The quantitative estimate of drug-likeness (QED) is 0.509. The first-order chi connectivity index (χ1) is 13.6. The van der Waals surface area contributed by atoms with E-state index in [1.165, 1.54) is 22.9 Å². The van der Waals surface area contributed by atoms with Crippen molar-refractivity contribution >= 4 is 62.9 Å². The fraction of sp³-hybridized carbons (Fsp3) is 0.105. The molecule has 7 nitrogen and oxygen atoms in total.